The lowest BCUT2D eigenvalue weighted by atomic mass is 10.1. The van der Waals surface area contributed by atoms with E-state index in [2.05, 4.69) is 10.5 Å². The number of nitro benzene ring substituents is 1. The maximum Gasteiger partial charge on any atom is 0.271 e. The third-order valence-corrected chi connectivity index (χ3v) is 4.23. The molecule has 3 rings (SSSR count). The van der Waals surface area contributed by atoms with Crippen molar-refractivity contribution in [3.63, 3.8) is 0 Å². The molecule has 7 nitrogen and oxygen atoms in total. The van der Waals surface area contributed by atoms with Crippen molar-refractivity contribution in [1.82, 2.24) is 5.43 Å². The summed E-state index contributed by atoms with van der Waals surface area (Å²) >= 11 is 0. The fraction of sp³-hybridized carbons (Fsp3) is 0.0909. The molecule has 0 unspecified atom stereocenters. The molecule has 0 aliphatic carbocycles. The first kappa shape index (κ1) is 19.8. The molecular weight excluding hydrogens is 370 g/mol. The Morgan fingerprint density at radius 1 is 1.10 bits per heavy atom. The topological polar surface area (TPSA) is 93.8 Å². The standard InChI is InChI=1S/C22H19N3O4/c1-16-5-2-3-6-19(16)15-29-21-11-9-17(10-12-21)14-23-24-22(26)18-7-4-8-20(13-18)25(27)28/h2-14H,15H2,1H3,(H,24,26)/b23-14-. The summed E-state index contributed by atoms with van der Waals surface area (Å²) in [6.45, 7) is 2.53. The van der Waals surface area contributed by atoms with E-state index in [0.717, 1.165) is 16.9 Å². The zero-order valence-electron chi connectivity index (χ0n) is 15.7. The van der Waals surface area contributed by atoms with E-state index in [-0.39, 0.29) is 11.3 Å². The van der Waals surface area contributed by atoms with E-state index < -0.39 is 10.8 Å². The summed E-state index contributed by atoms with van der Waals surface area (Å²) in [6, 6.07) is 20.8. The monoisotopic (exact) mass is 389 g/mol. The van der Waals surface area contributed by atoms with E-state index in [0.29, 0.717) is 6.61 Å². The molecule has 0 bridgehead atoms. The van der Waals surface area contributed by atoms with Crippen LogP contribution in [0.2, 0.25) is 0 Å². The van der Waals surface area contributed by atoms with Crippen molar-refractivity contribution in [2.75, 3.05) is 0 Å². The van der Waals surface area contributed by atoms with Crippen LogP contribution < -0.4 is 10.2 Å². The number of carbonyl (C=O) groups is 1. The van der Waals surface area contributed by atoms with Crippen molar-refractivity contribution in [1.29, 1.82) is 0 Å². The molecule has 7 heteroatoms. The van der Waals surface area contributed by atoms with Crippen LogP contribution >= 0.6 is 0 Å². The molecular formula is C22H19N3O4. The number of nitrogens with zero attached hydrogens (tertiary/aromatic N) is 2. The number of non-ortho nitro benzene ring substituents is 1. The molecule has 0 aromatic heterocycles. The van der Waals surface area contributed by atoms with Crippen LogP contribution in [0.15, 0.2) is 77.9 Å². The maximum atomic E-state index is 12.0. The maximum absolute atomic E-state index is 12.0. The highest BCUT2D eigenvalue weighted by Gasteiger charge is 2.10. The molecule has 0 radical (unpaired) electrons. The third-order valence-electron chi connectivity index (χ3n) is 4.23. The molecule has 0 saturated carbocycles. The van der Waals surface area contributed by atoms with Gasteiger partial charge in [0, 0.05) is 17.7 Å². The van der Waals surface area contributed by atoms with E-state index in [9.17, 15) is 14.9 Å². The molecule has 0 spiro atoms. The van der Waals surface area contributed by atoms with Gasteiger partial charge in [0.25, 0.3) is 11.6 Å². The van der Waals surface area contributed by atoms with E-state index in [4.69, 9.17) is 4.74 Å². The Kier molecular flexibility index (Phi) is 6.32. The second kappa shape index (κ2) is 9.27. The van der Waals surface area contributed by atoms with Crippen LogP contribution in [0.3, 0.4) is 0 Å². The van der Waals surface area contributed by atoms with Crippen LogP contribution in [-0.2, 0) is 6.61 Å². The number of ether oxygens (including phenoxy) is 1. The lowest BCUT2D eigenvalue weighted by Gasteiger charge is -2.08. The number of aryl methyl sites for hydroxylation is 1. The first-order valence-electron chi connectivity index (χ1n) is 8.88. The van der Waals surface area contributed by atoms with E-state index >= 15 is 0 Å². The van der Waals surface area contributed by atoms with Crippen molar-refractivity contribution >= 4 is 17.8 Å². The number of hydrogen-bond donors (Lipinski definition) is 1. The van der Waals surface area contributed by atoms with Gasteiger partial charge in [-0.2, -0.15) is 5.10 Å². The van der Waals surface area contributed by atoms with Crippen LogP contribution in [0.25, 0.3) is 0 Å². The molecule has 1 amide bonds. The molecule has 146 valence electrons. The van der Waals surface area contributed by atoms with Gasteiger partial charge in [0.1, 0.15) is 12.4 Å². The predicted octanol–water partition coefficient (Wildman–Crippen LogP) is 4.25. The quantitative estimate of drug-likeness (QED) is 0.371. The summed E-state index contributed by atoms with van der Waals surface area (Å²) in [5.41, 5.74) is 5.45. The Hall–Kier alpha value is -4.00. The Balaban J connectivity index is 1.54. The van der Waals surface area contributed by atoms with Gasteiger partial charge >= 0.3 is 0 Å². The van der Waals surface area contributed by atoms with Gasteiger partial charge in [-0.3, -0.25) is 14.9 Å². The molecule has 0 aliphatic rings. The predicted molar refractivity (Wildman–Crippen MR) is 110 cm³/mol. The minimum atomic E-state index is -0.553. The van der Waals surface area contributed by atoms with Gasteiger partial charge in [0.05, 0.1) is 11.1 Å². The molecule has 0 heterocycles. The lowest BCUT2D eigenvalue weighted by molar-refractivity contribution is -0.384. The van der Waals surface area contributed by atoms with Crippen molar-refractivity contribution < 1.29 is 14.5 Å². The number of benzene rings is 3. The van der Waals surface area contributed by atoms with Gasteiger partial charge in [-0.05, 0) is 53.9 Å². The Labute approximate surface area is 167 Å². The number of amides is 1. The van der Waals surface area contributed by atoms with E-state index in [1.54, 1.807) is 0 Å². The van der Waals surface area contributed by atoms with Gasteiger partial charge in [-0.1, -0.05) is 30.3 Å². The van der Waals surface area contributed by atoms with Crippen LogP contribution in [0.1, 0.15) is 27.0 Å². The first-order valence-corrected chi connectivity index (χ1v) is 8.88. The Bertz CT molecular complexity index is 1050. The summed E-state index contributed by atoms with van der Waals surface area (Å²) < 4.78 is 5.79. The second-order valence-electron chi connectivity index (χ2n) is 6.29. The fourth-order valence-electron chi connectivity index (χ4n) is 2.57. The first-order chi connectivity index (χ1) is 14.0. The molecule has 0 fully saturated rings. The second-order valence-corrected chi connectivity index (χ2v) is 6.29. The molecule has 3 aromatic rings. The van der Waals surface area contributed by atoms with E-state index in [1.807, 2.05) is 55.5 Å². The van der Waals surface area contributed by atoms with Gasteiger partial charge < -0.3 is 4.74 Å². The largest absolute Gasteiger partial charge is 0.489 e. The van der Waals surface area contributed by atoms with Crippen LogP contribution in [0, 0.1) is 17.0 Å². The molecule has 3 aromatic carbocycles. The van der Waals surface area contributed by atoms with Crippen molar-refractivity contribution in [2.24, 2.45) is 5.10 Å². The fourth-order valence-corrected chi connectivity index (χ4v) is 2.57. The molecule has 0 atom stereocenters. The number of carbonyl (C=O) groups excluding carboxylic acids is 1. The Morgan fingerprint density at radius 3 is 2.59 bits per heavy atom. The highest BCUT2D eigenvalue weighted by atomic mass is 16.6. The zero-order chi connectivity index (χ0) is 20.6. The Morgan fingerprint density at radius 2 is 1.86 bits per heavy atom. The van der Waals surface area contributed by atoms with Crippen molar-refractivity contribution in [3.8, 4) is 5.75 Å². The normalized spacial score (nSPS) is 10.7. The van der Waals surface area contributed by atoms with Gasteiger partial charge in [-0.15, -0.1) is 0 Å². The molecule has 0 aliphatic heterocycles. The zero-order valence-corrected chi connectivity index (χ0v) is 15.7. The number of nitro groups is 1. The number of hydrazone groups is 1. The number of nitrogens with one attached hydrogen (secondary N) is 1. The van der Waals surface area contributed by atoms with Crippen LogP contribution in [-0.4, -0.2) is 17.0 Å². The van der Waals surface area contributed by atoms with E-state index in [1.165, 1.54) is 36.0 Å². The highest BCUT2D eigenvalue weighted by Crippen LogP contribution is 2.15. The minimum absolute atomic E-state index is 0.150. The average Bonchev–Trinajstić information content (AvgIpc) is 2.74. The van der Waals surface area contributed by atoms with Gasteiger partial charge in [0.2, 0.25) is 0 Å². The minimum Gasteiger partial charge on any atom is -0.489 e. The summed E-state index contributed by atoms with van der Waals surface area (Å²) in [4.78, 5) is 22.3. The van der Waals surface area contributed by atoms with Crippen molar-refractivity contribution in [2.45, 2.75) is 13.5 Å². The van der Waals surface area contributed by atoms with Crippen LogP contribution in [0.5, 0.6) is 5.75 Å². The number of rotatable bonds is 7. The summed E-state index contributed by atoms with van der Waals surface area (Å²) in [6.07, 6.45) is 1.49. The molecule has 1 N–H and O–H groups in total. The molecule has 29 heavy (non-hydrogen) atoms. The van der Waals surface area contributed by atoms with Gasteiger partial charge in [-0.25, -0.2) is 5.43 Å². The third kappa shape index (κ3) is 5.49. The summed E-state index contributed by atoms with van der Waals surface area (Å²) in [5, 5.41) is 14.7. The van der Waals surface area contributed by atoms with Crippen LogP contribution in [0.4, 0.5) is 5.69 Å². The summed E-state index contributed by atoms with van der Waals surface area (Å²) in [5.74, 6) is 0.203. The molecule has 0 saturated heterocycles. The average molecular weight is 389 g/mol. The highest BCUT2D eigenvalue weighted by molar-refractivity contribution is 5.95. The number of hydrogen-bond acceptors (Lipinski definition) is 5. The SMILES string of the molecule is Cc1ccccc1COc1ccc(/C=N\NC(=O)c2cccc([N+](=O)[O-])c2)cc1. The lowest BCUT2D eigenvalue weighted by Crippen LogP contribution is -2.17. The van der Waals surface area contributed by atoms with Gasteiger partial charge in [0.15, 0.2) is 0 Å². The smallest absolute Gasteiger partial charge is 0.271 e. The summed E-state index contributed by atoms with van der Waals surface area (Å²) in [7, 11) is 0. The van der Waals surface area contributed by atoms with Crippen molar-refractivity contribution in [3.05, 3.63) is 105 Å².